The van der Waals surface area contributed by atoms with Crippen molar-refractivity contribution in [2.75, 3.05) is 29.0 Å². The summed E-state index contributed by atoms with van der Waals surface area (Å²) in [7, 11) is 0. The molecule has 1 aliphatic rings. The van der Waals surface area contributed by atoms with Gasteiger partial charge in [-0.15, -0.1) is 0 Å². The van der Waals surface area contributed by atoms with Crippen LogP contribution in [0.2, 0.25) is 0 Å². The lowest BCUT2D eigenvalue weighted by Crippen LogP contribution is -2.46. The van der Waals surface area contributed by atoms with Gasteiger partial charge in [0, 0.05) is 25.2 Å². The third-order valence-corrected chi connectivity index (χ3v) is 4.18. The zero-order chi connectivity index (χ0) is 14.7. The average molecular weight is 277 g/mol. The number of rotatable bonds is 4. The number of anilines is 3. The normalized spacial score (nSPS) is 26.6. The smallest absolute Gasteiger partial charge is 0.223 e. The van der Waals surface area contributed by atoms with Crippen LogP contribution >= 0.6 is 0 Å². The minimum absolute atomic E-state index is 0.346. The van der Waals surface area contributed by atoms with E-state index in [4.69, 9.17) is 5.73 Å². The molecule has 3 N–H and O–H groups in total. The van der Waals surface area contributed by atoms with Crippen LogP contribution in [0.15, 0.2) is 6.07 Å². The van der Waals surface area contributed by atoms with Gasteiger partial charge in [0.05, 0.1) is 0 Å². The van der Waals surface area contributed by atoms with Crippen LogP contribution in [0.5, 0.6) is 0 Å². The predicted octanol–water partition coefficient (Wildman–Crippen LogP) is 2.75. The van der Waals surface area contributed by atoms with E-state index < -0.39 is 0 Å². The summed E-state index contributed by atoms with van der Waals surface area (Å²) in [6.07, 6.45) is 2.34. The lowest BCUT2D eigenvalue weighted by atomic mass is 9.86. The average Bonchev–Trinajstić information content (AvgIpc) is 2.40. The van der Waals surface area contributed by atoms with Crippen LogP contribution in [0.3, 0.4) is 0 Å². The van der Waals surface area contributed by atoms with Crippen molar-refractivity contribution in [3.05, 3.63) is 6.07 Å². The molecule has 0 bridgehead atoms. The number of aromatic nitrogens is 2. The maximum atomic E-state index is 5.86. The molecule has 3 atom stereocenters. The van der Waals surface area contributed by atoms with Crippen molar-refractivity contribution in [3.8, 4) is 0 Å². The molecule has 3 unspecified atom stereocenters. The third kappa shape index (κ3) is 3.32. The fourth-order valence-corrected chi connectivity index (χ4v) is 2.96. The molecule has 112 valence electrons. The molecule has 0 aromatic carbocycles. The third-order valence-electron chi connectivity index (χ3n) is 4.18. The van der Waals surface area contributed by atoms with E-state index in [1.54, 1.807) is 0 Å². The van der Waals surface area contributed by atoms with Gasteiger partial charge in [0.25, 0.3) is 0 Å². The molecule has 20 heavy (non-hydrogen) atoms. The second-order valence-electron chi connectivity index (χ2n) is 6.11. The SMILES string of the molecule is CCCNc1cc(N2CC(C)CC(C)C2C)nc(N)n1. The predicted molar refractivity (Wildman–Crippen MR) is 85.0 cm³/mol. The van der Waals surface area contributed by atoms with Crippen LogP contribution < -0.4 is 16.0 Å². The van der Waals surface area contributed by atoms with Gasteiger partial charge in [-0.1, -0.05) is 20.8 Å². The molecule has 0 aliphatic carbocycles. The number of piperidine rings is 1. The number of hydrogen-bond donors (Lipinski definition) is 2. The summed E-state index contributed by atoms with van der Waals surface area (Å²) < 4.78 is 0. The minimum Gasteiger partial charge on any atom is -0.370 e. The Morgan fingerprint density at radius 1 is 1.35 bits per heavy atom. The molecule has 0 saturated carbocycles. The highest BCUT2D eigenvalue weighted by molar-refractivity contribution is 5.53. The minimum atomic E-state index is 0.346. The summed E-state index contributed by atoms with van der Waals surface area (Å²) in [4.78, 5) is 11.1. The quantitative estimate of drug-likeness (QED) is 0.886. The van der Waals surface area contributed by atoms with Gasteiger partial charge in [0.2, 0.25) is 5.95 Å². The standard InChI is InChI=1S/C15H27N5/c1-5-6-17-13-8-14(19-15(16)18-13)20-9-10(2)7-11(3)12(20)4/h8,10-12H,5-7,9H2,1-4H3,(H3,16,17,18,19). The van der Waals surface area contributed by atoms with E-state index in [1.807, 2.05) is 6.07 Å². The zero-order valence-electron chi connectivity index (χ0n) is 13.1. The topological polar surface area (TPSA) is 67.1 Å². The Bertz CT molecular complexity index is 448. The van der Waals surface area contributed by atoms with Crippen LogP contribution in [0, 0.1) is 11.8 Å². The molecule has 2 heterocycles. The summed E-state index contributed by atoms with van der Waals surface area (Å²) >= 11 is 0. The Balaban J connectivity index is 2.24. The summed E-state index contributed by atoms with van der Waals surface area (Å²) in [6.45, 7) is 11.0. The lowest BCUT2D eigenvalue weighted by Gasteiger charge is -2.42. The molecule has 1 aromatic rings. The first kappa shape index (κ1) is 14.9. The fraction of sp³-hybridized carbons (Fsp3) is 0.733. The van der Waals surface area contributed by atoms with E-state index in [9.17, 15) is 0 Å². The van der Waals surface area contributed by atoms with Crippen LogP contribution in [-0.4, -0.2) is 29.1 Å². The van der Waals surface area contributed by atoms with Gasteiger partial charge in [0.15, 0.2) is 0 Å². The first-order valence-corrected chi connectivity index (χ1v) is 7.66. The number of hydrogen-bond acceptors (Lipinski definition) is 5. The molecule has 0 amide bonds. The second kappa shape index (κ2) is 6.29. The van der Waals surface area contributed by atoms with E-state index in [2.05, 4.69) is 47.9 Å². The van der Waals surface area contributed by atoms with Gasteiger partial charge in [-0.2, -0.15) is 9.97 Å². The van der Waals surface area contributed by atoms with Gasteiger partial charge in [0.1, 0.15) is 11.6 Å². The van der Waals surface area contributed by atoms with Crippen molar-refractivity contribution in [3.63, 3.8) is 0 Å². The fourth-order valence-electron chi connectivity index (χ4n) is 2.96. The van der Waals surface area contributed by atoms with Crippen LogP contribution in [0.4, 0.5) is 17.6 Å². The molecule has 2 rings (SSSR count). The van der Waals surface area contributed by atoms with Crippen LogP contribution in [0.1, 0.15) is 40.5 Å². The second-order valence-corrected chi connectivity index (χ2v) is 6.11. The molecule has 1 aromatic heterocycles. The maximum Gasteiger partial charge on any atom is 0.223 e. The molecule has 1 saturated heterocycles. The highest BCUT2D eigenvalue weighted by atomic mass is 15.2. The number of nitrogens with two attached hydrogens (primary N) is 1. The van der Waals surface area contributed by atoms with Crippen molar-refractivity contribution >= 4 is 17.6 Å². The van der Waals surface area contributed by atoms with E-state index in [0.717, 1.165) is 31.1 Å². The summed E-state index contributed by atoms with van der Waals surface area (Å²) in [5, 5.41) is 3.29. The van der Waals surface area contributed by atoms with Crippen LogP contribution in [-0.2, 0) is 0 Å². The van der Waals surface area contributed by atoms with Crippen molar-refractivity contribution in [2.45, 2.75) is 46.6 Å². The molecular weight excluding hydrogens is 250 g/mol. The van der Waals surface area contributed by atoms with Gasteiger partial charge >= 0.3 is 0 Å². The van der Waals surface area contributed by atoms with Gasteiger partial charge in [-0.3, -0.25) is 0 Å². The highest BCUT2D eigenvalue weighted by Gasteiger charge is 2.30. The number of nitrogens with zero attached hydrogens (tertiary/aromatic N) is 3. The van der Waals surface area contributed by atoms with E-state index >= 15 is 0 Å². The van der Waals surface area contributed by atoms with E-state index in [-0.39, 0.29) is 0 Å². The Morgan fingerprint density at radius 2 is 2.10 bits per heavy atom. The molecule has 0 radical (unpaired) electrons. The van der Waals surface area contributed by atoms with Crippen molar-refractivity contribution < 1.29 is 0 Å². The molecule has 1 aliphatic heterocycles. The molecule has 5 heteroatoms. The summed E-state index contributed by atoms with van der Waals surface area (Å²) in [5.74, 6) is 3.47. The van der Waals surface area contributed by atoms with Gasteiger partial charge in [-0.05, 0) is 31.6 Å². The Labute approximate surface area is 122 Å². The van der Waals surface area contributed by atoms with Gasteiger partial charge < -0.3 is 16.0 Å². The molecule has 1 fully saturated rings. The van der Waals surface area contributed by atoms with E-state index in [0.29, 0.717) is 23.8 Å². The Hall–Kier alpha value is -1.52. The van der Waals surface area contributed by atoms with E-state index in [1.165, 1.54) is 6.42 Å². The monoisotopic (exact) mass is 277 g/mol. The molecule has 5 nitrogen and oxygen atoms in total. The molecular formula is C15H27N5. The zero-order valence-corrected chi connectivity index (χ0v) is 13.1. The number of nitrogens with one attached hydrogen (secondary N) is 1. The largest absolute Gasteiger partial charge is 0.370 e. The Kier molecular flexibility index (Phi) is 4.68. The summed E-state index contributed by atoms with van der Waals surface area (Å²) in [5.41, 5.74) is 5.86. The van der Waals surface area contributed by atoms with Crippen molar-refractivity contribution in [1.29, 1.82) is 0 Å². The van der Waals surface area contributed by atoms with Crippen molar-refractivity contribution in [2.24, 2.45) is 11.8 Å². The van der Waals surface area contributed by atoms with Gasteiger partial charge in [-0.25, -0.2) is 0 Å². The highest BCUT2D eigenvalue weighted by Crippen LogP contribution is 2.31. The maximum absolute atomic E-state index is 5.86. The van der Waals surface area contributed by atoms with Crippen molar-refractivity contribution in [1.82, 2.24) is 9.97 Å². The Morgan fingerprint density at radius 3 is 2.80 bits per heavy atom. The first-order chi connectivity index (χ1) is 9.51. The van der Waals surface area contributed by atoms with Crippen LogP contribution in [0.25, 0.3) is 0 Å². The first-order valence-electron chi connectivity index (χ1n) is 7.66. The number of nitrogen functional groups attached to an aromatic ring is 1. The summed E-state index contributed by atoms with van der Waals surface area (Å²) in [6, 6.07) is 2.51. The lowest BCUT2D eigenvalue weighted by molar-refractivity contribution is 0.295. The molecule has 0 spiro atoms.